The third-order valence-electron chi connectivity index (χ3n) is 2.18. The normalized spacial score (nSPS) is 11.8. The van der Waals surface area contributed by atoms with E-state index in [1.54, 1.807) is 0 Å². The van der Waals surface area contributed by atoms with Crippen molar-refractivity contribution in [1.82, 2.24) is 10.6 Å². The van der Waals surface area contributed by atoms with E-state index < -0.39 is 6.04 Å². The maximum atomic E-state index is 11.6. The van der Waals surface area contributed by atoms with Crippen molar-refractivity contribution < 1.29 is 9.59 Å². The number of rotatable bonds is 8. The monoisotopic (exact) mass is 272 g/mol. The smallest absolute Gasteiger partial charge is 0.239 e. The Labute approximate surface area is 113 Å². The lowest BCUT2D eigenvalue weighted by molar-refractivity contribution is -0.127. The zero-order chi connectivity index (χ0) is 14.8. The lowest BCUT2D eigenvalue weighted by Crippen LogP contribution is -2.46. The number of nitrogens with two attached hydrogens (primary N) is 3. The average Bonchev–Trinajstić information content (AvgIpc) is 2.30. The van der Waals surface area contributed by atoms with Gasteiger partial charge in [-0.05, 0) is 26.7 Å². The van der Waals surface area contributed by atoms with Crippen molar-refractivity contribution in [3.63, 3.8) is 0 Å². The summed E-state index contributed by atoms with van der Waals surface area (Å²) in [6.45, 7) is 4.04. The van der Waals surface area contributed by atoms with E-state index in [2.05, 4.69) is 15.6 Å². The van der Waals surface area contributed by atoms with Crippen LogP contribution >= 0.6 is 0 Å². The minimum absolute atomic E-state index is 0.0170. The largest absolute Gasteiger partial charge is 0.370 e. The molecule has 1 atom stereocenters. The van der Waals surface area contributed by atoms with Gasteiger partial charge >= 0.3 is 0 Å². The highest BCUT2D eigenvalue weighted by Gasteiger charge is 2.13. The second kappa shape index (κ2) is 9.15. The van der Waals surface area contributed by atoms with Gasteiger partial charge in [0.2, 0.25) is 11.8 Å². The molecule has 0 radical (unpaired) electrons. The Morgan fingerprint density at radius 3 is 2.42 bits per heavy atom. The zero-order valence-corrected chi connectivity index (χ0v) is 11.5. The van der Waals surface area contributed by atoms with E-state index in [1.165, 1.54) is 0 Å². The summed E-state index contributed by atoms with van der Waals surface area (Å²) >= 11 is 0. The Morgan fingerprint density at radius 2 is 1.89 bits per heavy atom. The minimum atomic E-state index is -0.666. The Balaban J connectivity index is 3.82. The summed E-state index contributed by atoms with van der Waals surface area (Å²) in [6, 6.07) is -0.626. The number of carbonyl (C=O) groups is 2. The first-order chi connectivity index (χ1) is 8.82. The number of carbonyl (C=O) groups excluding carboxylic acids is 2. The molecule has 0 aromatic heterocycles. The molecule has 0 aliphatic rings. The summed E-state index contributed by atoms with van der Waals surface area (Å²) in [5.41, 5.74) is 16.0. The van der Waals surface area contributed by atoms with Crippen molar-refractivity contribution in [2.75, 3.05) is 13.1 Å². The molecule has 0 heterocycles. The van der Waals surface area contributed by atoms with Gasteiger partial charge in [0.05, 0.1) is 12.6 Å². The molecule has 0 saturated heterocycles. The molecule has 8 heteroatoms. The topological polar surface area (TPSA) is 149 Å². The first-order valence-electron chi connectivity index (χ1n) is 6.21. The van der Waals surface area contributed by atoms with Gasteiger partial charge in [-0.2, -0.15) is 0 Å². The average molecular weight is 272 g/mol. The van der Waals surface area contributed by atoms with Crippen LogP contribution in [-0.2, 0) is 9.59 Å². The summed E-state index contributed by atoms with van der Waals surface area (Å²) in [7, 11) is 0. The van der Waals surface area contributed by atoms with Gasteiger partial charge in [-0.1, -0.05) is 0 Å². The van der Waals surface area contributed by atoms with E-state index in [1.807, 2.05) is 13.8 Å². The SMILES string of the molecule is CC(C)NC(=O)CNC(=O)C(N)CCCN=C(N)N. The molecule has 8 N–H and O–H groups in total. The molecule has 0 saturated carbocycles. The standard InChI is InChI=1S/C11H24N6O2/c1-7(2)17-9(18)6-16-10(19)8(12)4-3-5-15-11(13)14/h7-8H,3-6,12H2,1-2H3,(H,16,19)(H,17,18)(H4,13,14,15). The maximum Gasteiger partial charge on any atom is 0.239 e. The molecule has 110 valence electrons. The second-order valence-corrected chi connectivity index (χ2v) is 4.50. The number of nitrogens with one attached hydrogen (secondary N) is 2. The number of guanidine groups is 1. The quantitative estimate of drug-likeness (QED) is 0.197. The highest BCUT2D eigenvalue weighted by atomic mass is 16.2. The van der Waals surface area contributed by atoms with E-state index in [-0.39, 0.29) is 30.4 Å². The highest BCUT2D eigenvalue weighted by Crippen LogP contribution is 1.95. The minimum Gasteiger partial charge on any atom is -0.370 e. The van der Waals surface area contributed by atoms with Crippen molar-refractivity contribution in [3.8, 4) is 0 Å². The van der Waals surface area contributed by atoms with Crippen LogP contribution in [0.4, 0.5) is 0 Å². The number of hydrogen-bond acceptors (Lipinski definition) is 4. The van der Waals surface area contributed by atoms with E-state index in [9.17, 15) is 9.59 Å². The van der Waals surface area contributed by atoms with Crippen LogP contribution in [-0.4, -0.2) is 42.9 Å². The van der Waals surface area contributed by atoms with Crippen molar-refractivity contribution in [3.05, 3.63) is 0 Å². The molecule has 2 amide bonds. The summed E-state index contributed by atoms with van der Waals surface area (Å²) in [6.07, 6.45) is 1.05. The Bertz CT molecular complexity index is 325. The molecule has 8 nitrogen and oxygen atoms in total. The van der Waals surface area contributed by atoms with E-state index >= 15 is 0 Å². The fourth-order valence-electron chi connectivity index (χ4n) is 1.32. The van der Waals surface area contributed by atoms with Crippen molar-refractivity contribution >= 4 is 17.8 Å². The predicted octanol–water partition coefficient (Wildman–Crippen LogP) is -1.99. The van der Waals surface area contributed by atoms with Crippen LogP contribution in [0.25, 0.3) is 0 Å². The third kappa shape index (κ3) is 9.83. The second-order valence-electron chi connectivity index (χ2n) is 4.50. The van der Waals surface area contributed by atoms with Crippen LogP contribution in [0.2, 0.25) is 0 Å². The van der Waals surface area contributed by atoms with E-state index in [0.717, 1.165) is 0 Å². The van der Waals surface area contributed by atoms with Gasteiger partial charge < -0.3 is 27.8 Å². The molecule has 0 fully saturated rings. The third-order valence-corrected chi connectivity index (χ3v) is 2.18. The maximum absolute atomic E-state index is 11.6. The Hall–Kier alpha value is -1.83. The molecule has 0 aromatic carbocycles. The first kappa shape index (κ1) is 17.2. The molecule has 19 heavy (non-hydrogen) atoms. The van der Waals surface area contributed by atoms with Gasteiger partial charge in [0.1, 0.15) is 0 Å². The Morgan fingerprint density at radius 1 is 1.26 bits per heavy atom. The van der Waals surface area contributed by atoms with Crippen molar-refractivity contribution in [2.24, 2.45) is 22.2 Å². The molecule has 0 spiro atoms. The lowest BCUT2D eigenvalue weighted by atomic mass is 10.1. The first-order valence-corrected chi connectivity index (χ1v) is 6.21. The predicted molar refractivity (Wildman–Crippen MR) is 74.2 cm³/mol. The van der Waals surface area contributed by atoms with Crippen LogP contribution in [0.1, 0.15) is 26.7 Å². The number of aliphatic imine (C=N–C) groups is 1. The summed E-state index contributed by atoms with van der Waals surface area (Å²) in [5.74, 6) is -0.581. The van der Waals surface area contributed by atoms with Gasteiger partial charge in [-0.25, -0.2) is 0 Å². The molecule has 0 bridgehead atoms. The van der Waals surface area contributed by atoms with Crippen LogP contribution < -0.4 is 27.8 Å². The summed E-state index contributed by atoms with van der Waals surface area (Å²) < 4.78 is 0. The zero-order valence-electron chi connectivity index (χ0n) is 11.5. The molecule has 0 aliphatic heterocycles. The highest BCUT2D eigenvalue weighted by molar-refractivity contribution is 5.87. The molecule has 0 aromatic rings. The Kier molecular flexibility index (Phi) is 8.27. The van der Waals surface area contributed by atoms with Crippen molar-refractivity contribution in [2.45, 2.75) is 38.8 Å². The molecule has 0 rings (SSSR count). The van der Waals surface area contributed by atoms with E-state index in [4.69, 9.17) is 17.2 Å². The van der Waals surface area contributed by atoms with Crippen molar-refractivity contribution in [1.29, 1.82) is 0 Å². The van der Waals surface area contributed by atoms with Gasteiger partial charge in [0.15, 0.2) is 5.96 Å². The van der Waals surface area contributed by atoms with Crippen LogP contribution in [0, 0.1) is 0 Å². The summed E-state index contributed by atoms with van der Waals surface area (Å²) in [4.78, 5) is 26.6. The van der Waals surface area contributed by atoms with Crippen LogP contribution in [0.5, 0.6) is 0 Å². The fraction of sp³-hybridized carbons (Fsp3) is 0.727. The lowest BCUT2D eigenvalue weighted by Gasteiger charge is -2.12. The van der Waals surface area contributed by atoms with Crippen LogP contribution in [0.15, 0.2) is 4.99 Å². The van der Waals surface area contributed by atoms with Gasteiger partial charge in [-0.3, -0.25) is 14.6 Å². The number of nitrogens with zero attached hydrogens (tertiary/aromatic N) is 1. The molecular formula is C11H24N6O2. The van der Waals surface area contributed by atoms with Gasteiger partial charge in [0.25, 0.3) is 0 Å². The van der Waals surface area contributed by atoms with Gasteiger partial charge in [0, 0.05) is 12.6 Å². The van der Waals surface area contributed by atoms with E-state index in [0.29, 0.717) is 19.4 Å². The number of hydrogen-bond donors (Lipinski definition) is 5. The molecular weight excluding hydrogens is 248 g/mol. The number of amides is 2. The summed E-state index contributed by atoms with van der Waals surface area (Å²) in [5, 5.41) is 5.14. The molecule has 0 aliphatic carbocycles. The fourth-order valence-corrected chi connectivity index (χ4v) is 1.32. The van der Waals surface area contributed by atoms with Crippen LogP contribution in [0.3, 0.4) is 0 Å². The molecule has 1 unspecified atom stereocenters. The van der Waals surface area contributed by atoms with Gasteiger partial charge in [-0.15, -0.1) is 0 Å².